The number of hydrogen-bond donors (Lipinski definition) is 0. The van der Waals surface area contributed by atoms with Crippen LogP contribution in [0.1, 0.15) is 271 Å². The summed E-state index contributed by atoms with van der Waals surface area (Å²) in [4.78, 5) is 37.5. The van der Waals surface area contributed by atoms with E-state index in [1.165, 1.54) is 109 Å². The molecule has 0 aromatic carbocycles. The summed E-state index contributed by atoms with van der Waals surface area (Å²) in [6, 6.07) is 0. The third-order valence-corrected chi connectivity index (χ3v) is 15.1. The van der Waals surface area contributed by atoms with Crippen LogP contribution in [0.2, 0.25) is 0 Å². The van der Waals surface area contributed by atoms with Crippen LogP contribution in [0.5, 0.6) is 0 Å². The topological polar surface area (TPSA) is 111 Å². The van der Waals surface area contributed by atoms with Crippen molar-refractivity contribution in [3.8, 4) is 0 Å². The molecule has 9 heteroatoms. The SMILES string of the molecule is CC/C=C\C/C=C\C/C=C\C/C=C\C/C=C\C/C=C\C/C=C\C/C=C\CCCCC(=O)OC(COC(=O)CCCCCCCCCCCCCCCCCCCCC/C=C\C/C=C\C/C=C\C/C=C\C/C=C\C/C=C\C/C=C\CC)COC(OCC[N+](C)(C)C)C(=O)[O-]. The summed E-state index contributed by atoms with van der Waals surface area (Å²) in [7, 11) is 5.91. The van der Waals surface area contributed by atoms with Crippen molar-refractivity contribution < 1.29 is 42.9 Å². The van der Waals surface area contributed by atoms with Crippen molar-refractivity contribution in [2.75, 3.05) is 47.5 Å². The fourth-order valence-corrected chi connectivity index (χ4v) is 9.59. The van der Waals surface area contributed by atoms with Crippen LogP contribution in [0.25, 0.3) is 0 Å². The van der Waals surface area contributed by atoms with E-state index in [0.29, 0.717) is 17.4 Å². The van der Waals surface area contributed by atoms with Crippen LogP contribution in [0.3, 0.4) is 0 Å². The molecule has 2 unspecified atom stereocenters. The predicted molar refractivity (Wildman–Crippen MR) is 398 cm³/mol. The van der Waals surface area contributed by atoms with Crippen molar-refractivity contribution >= 4 is 17.9 Å². The quantitative estimate of drug-likeness (QED) is 0.0195. The van der Waals surface area contributed by atoms with E-state index in [1.807, 2.05) is 21.1 Å². The minimum atomic E-state index is -1.64. The standard InChI is InChI=1S/C84H135NO8/c1-6-8-10-12-14-16-18-20-22-24-26-28-30-32-34-35-36-37-38-39-40-41-42-43-44-45-46-47-49-50-52-54-56-58-60-62-64-66-68-70-72-74-81(86)91-78-80(79-92-84(83(88)89)90-77-76-85(3,4)5)93-82(87)75-73-71-69-67-65-63-61-59-57-55-53-51-48-33-31-29-27-25-23-21-19-17-15-13-11-9-7-2/h8-11,14-17,20-23,26-29,32-34,36-37,39-40,48,53,55,59,61,65,67,80,84H,6-7,12-13,18-19,24-25,30-31,35,38,41-47,49-52,54,56-58,60,62-64,66,68-79H2,1-5H3/b10-8-,11-9-,16-14-,17-15-,22-20-,23-21-,28-26-,29-27-,34-32-,37-36-,40-39-,48-33-,55-53-,61-59-,67-65-. The summed E-state index contributed by atoms with van der Waals surface area (Å²) in [5, 5.41) is 11.8. The molecule has 0 aromatic heterocycles. The molecule has 0 aromatic rings. The lowest BCUT2D eigenvalue weighted by Crippen LogP contribution is -2.44. The van der Waals surface area contributed by atoms with Crippen molar-refractivity contribution in [3.63, 3.8) is 0 Å². The van der Waals surface area contributed by atoms with E-state index >= 15 is 0 Å². The number of likely N-dealkylation sites (N-methyl/N-ethyl adjacent to an activating group) is 1. The Morgan fingerprint density at radius 1 is 0.323 bits per heavy atom. The van der Waals surface area contributed by atoms with Gasteiger partial charge in [-0.15, -0.1) is 0 Å². The molecule has 0 bridgehead atoms. The largest absolute Gasteiger partial charge is 0.545 e. The Bertz CT molecular complexity index is 2190. The number of carboxylic acids is 1. The lowest BCUT2D eigenvalue weighted by atomic mass is 10.0. The van der Waals surface area contributed by atoms with Gasteiger partial charge in [0.2, 0.25) is 0 Å². The normalized spacial score (nSPS) is 13.8. The highest BCUT2D eigenvalue weighted by molar-refractivity contribution is 5.70. The maximum atomic E-state index is 12.9. The molecule has 0 saturated heterocycles. The first-order valence-corrected chi connectivity index (χ1v) is 36.9. The van der Waals surface area contributed by atoms with Crippen LogP contribution < -0.4 is 5.11 Å². The highest BCUT2D eigenvalue weighted by Gasteiger charge is 2.22. The van der Waals surface area contributed by atoms with E-state index in [4.69, 9.17) is 18.9 Å². The minimum Gasteiger partial charge on any atom is -0.545 e. The molecule has 0 heterocycles. The Labute approximate surface area is 570 Å². The molecule has 0 rings (SSSR count). The number of quaternary nitrogens is 1. The summed E-state index contributed by atoms with van der Waals surface area (Å²) in [6.45, 7) is 4.46. The average Bonchev–Trinajstić information content (AvgIpc) is 3.38. The highest BCUT2D eigenvalue weighted by atomic mass is 16.7. The van der Waals surface area contributed by atoms with Crippen molar-refractivity contribution in [1.82, 2.24) is 0 Å². The first kappa shape index (κ1) is 87.4. The smallest absolute Gasteiger partial charge is 0.306 e. The molecule has 0 aliphatic rings. The summed E-state index contributed by atoms with van der Waals surface area (Å²) in [5.74, 6) is -2.35. The number of nitrogens with zero attached hydrogens (tertiary/aromatic N) is 1. The maximum Gasteiger partial charge on any atom is 0.306 e. The van der Waals surface area contributed by atoms with Gasteiger partial charge >= 0.3 is 11.9 Å². The highest BCUT2D eigenvalue weighted by Crippen LogP contribution is 2.17. The fourth-order valence-electron chi connectivity index (χ4n) is 9.59. The molecule has 9 nitrogen and oxygen atoms in total. The van der Waals surface area contributed by atoms with Gasteiger partial charge in [-0.3, -0.25) is 9.59 Å². The molecule has 2 atom stereocenters. The Morgan fingerprint density at radius 2 is 0.581 bits per heavy atom. The molecule has 0 aliphatic carbocycles. The van der Waals surface area contributed by atoms with Gasteiger partial charge in [0.15, 0.2) is 12.4 Å². The molecular formula is C84H135NO8. The van der Waals surface area contributed by atoms with Gasteiger partial charge in [0, 0.05) is 12.8 Å². The average molecular weight is 1290 g/mol. The van der Waals surface area contributed by atoms with Crippen molar-refractivity contribution in [1.29, 1.82) is 0 Å². The van der Waals surface area contributed by atoms with E-state index in [1.54, 1.807) is 0 Å². The number of carbonyl (C=O) groups is 3. The van der Waals surface area contributed by atoms with Crippen LogP contribution in [0.15, 0.2) is 182 Å². The van der Waals surface area contributed by atoms with Gasteiger partial charge in [-0.25, -0.2) is 0 Å². The van der Waals surface area contributed by atoms with Crippen molar-refractivity contribution in [2.24, 2.45) is 0 Å². The van der Waals surface area contributed by atoms with E-state index in [0.717, 1.165) is 128 Å². The molecule has 0 radical (unpaired) electrons. The lowest BCUT2D eigenvalue weighted by Gasteiger charge is -2.26. The Hall–Kier alpha value is -5.61. The molecule has 0 saturated carbocycles. The maximum absolute atomic E-state index is 12.9. The van der Waals surface area contributed by atoms with Crippen LogP contribution in [-0.2, 0) is 33.3 Å². The number of ether oxygens (including phenoxy) is 4. The van der Waals surface area contributed by atoms with E-state index in [2.05, 4.69) is 196 Å². The summed E-state index contributed by atoms with van der Waals surface area (Å²) in [5.41, 5.74) is 0. The molecule has 0 aliphatic heterocycles. The number of unbranched alkanes of at least 4 members (excludes halogenated alkanes) is 21. The second-order valence-electron chi connectivity index (χ2n) is 25.1. The lowest BCUT2D eigenvalue weighted by molar-refractivity contribution is -0.870. The van der Waals surface area contributed by atoms with Crippen LogP contribution in [0.4, 0.5) is 0 Å². The zero-order valence-corrected chi connectivity index (χ0v) is 59.8. The summed E-state index contributed by atoms with van der Waals surface area (Å²) >= 11 is 0. The second-order valence-corrected chi connectivity index (χ2v) is 25.1. The van der Waals surface area contributed by atoms with Gasteiger partial charge in [-0.1, -0.05) is 305 Å². The number of carbonyl (C=O) groups excluding carboxylic acids is 3. The summed E-state index contributed by atoms with van der Waals surface area (Å²) in [6.07, 6.45) is 107. The zero-order valence-electron chi connectivity index (χ0n) is 59.8. The third-order valence-electron chi connectivity index (χ3n) is 15.1. The number of aliphatic carboxylic acids is 1. The number of esters is 2. The van der Waals surface area contributed by atoms with Gasteiger partial charge in [0.05, 0.1) is 40.3 Å². The molecule has 0 amide bonds. The number of carboxylic acid groups (broad SMARTS) is 1. The number of rotatable bonds is 66. The van der Waals surface area contributed by atoms with Crippen molar-refractivity contribution in [3.05, 3.63) is 182 Å². The van der Waals surface area contributed by atoms with Crippen LogP contribution >= 0.6 is 0 Å². The number of hydrogen-bond acceptors (Lipinski definition) is 8. The van der Waals surface area contributed by atoms with E-state index in [-0.39, 0.29) is 38.6 Å². The van der Waals surface area contributed by atoms with Crippen molar-refractivity contribution in [2.45, 2.75) is 283 Å². The van der Waals surface area contributed by atoms with Gasteiger partial charge in [-0.2, -0.15) is 0 Å². The monoisotopic (exact) mass is 1290 g/mol. The molecule has 524 valence electrons. The molecule has 93 heavy (non-hydrogen) atoms. The van der Waals surface area contributed by atoms with Gasteiger partial charge in [0.1, 0.15) is 13.2 Å². The van der Waals surface area contributed by atoms with Gasteiger partial charge < -0.3 is 33.3 Å². The number of allylic oxidation sites excluding steroid dienone is 30. The molecule has 0 N–H and O–H groups in total. The van der Waals surface area contributed by atoms with Gasteiger partial charge in [-0.05, 0) is 135 Å². The first-order valence-electron chi connectivity index (χ1n) is 36.9. The molecular weight excluding hydrogens is 1150 g/mol. The Kier molecular flexibility index (Phi) is 67.9. The van der Waals surface area contributed by atoms with Crippen LogP contribution in [-0.4, -0.2) is 82.3 Å². The molecule has 0 spiro atoms. The van der Waals surface area contributed by atoms with E-state index < -0.39 is 24.3 Å². The second kappa shape index (κ2) is 72.2. The minimum absolute atomic E-state index is 0.131. The summed E-state index contributed by atoms with van der Waals surface area (Å²) < 4.78 is 22.7. The fraction of sp³-hybridized carbons (Fsp3) is 0.607. The Morgan fingerprint density at radius 3 is 0.882 bits per heavy atom. The first-order chi connectivity index (χ1) is 45.6. The van der Waals surface area contributed by atoms with Crippen LogP contribution in [0, 0.1) is 0 Å². The third kappa shape index (κ3) is 73.7. The zero-order chi connectivity index (χ0) is 67.5. The molecule has 0 fully saturated rings. The van der Waals surface area contributed by atoms with Gasteiger partial charge in [0.25, 0.3) is 0 Å². The Balaban J connectivity index is 4.13. The van der Waals surface area contributed by atoms with E-state index in [9.17, 15) is 19.5 Å². The predicted octanol–water partition coefficient (Wildman–Crippen LogP) is 22.2.